The molecule has 0 saturated carbocycles. The smallest absolute Gasteiger partial charge is 0.160 e. The number of phenolic OH excluding ortho intramolecular Hbond substituents is 1. The number of unbranched alkanes of at least 4 members (excludes halogenated alkanes) is 2. The zero-order valence-electron chi connectivity index (χ0n) is 8.08. The minimum absolute atomic E-state index is 0.216. The minimum Gasteiger partial charge on any atom is -0.504 e. The Labute approximate surface area is 93.0 Å². The molecule has 1 N–H and O–H groups in total. The van der Waals surface area contributed by atoms with Gasteiger partial charge in [0.1, 0.15) is 0 Å². The van der Waals surface area contributed by atoms with Crippen LogP contribution in [0, 0.1) is 0 Å². The van der Waals surface area contributed by atoms with E-state index >= 15 is 0 Å². The van der Waals surface area contributed by atoms with Crippen molar-refractivity contribution in [1.29, 1.82) is 0 Å². The lowest BCUT2D eigenvalue weighted by molar-refractivity contribution is 0.290. The van der Waals surface area contributed by atoms with Crippen molar-refractivity contribution in [3.63, 3.8) is 0 Å². The Hall–Kier alpha value is -0.700. The molecule has 1 aromatic rings. The van der Waals surface area contributed by atoms with Crippen molar-refractivity contribution >= 4 is 15.9 Å². The molecular formula is C11H15BrO2. The number of halogens is 1. The van der Waals surface area contributed by atoms with Gasteiger partial charge in [0.2, 0.25) is 0 Å². The molecule has 0 aliphatic heterocycles. The molecule has 3 heteroatoms. The fraction of sp³-hybridized carbons (Fsp3) is 0.455. The maximum absolute atomic E-state index is 9.38. The summed E-state index contributed by atoms with van der Waals surface area (Å²) in [5, 5.41) is 10.4. The third kappa shape index (κ3) is 4.01. The summed E-state index contributed by atoms with van der Waals surface area (Å²) in [6, 6.07) is 7.05. The van der Waals surface area contributed by atoms with Crippen molar-refractivity contribution in [3.8, 4) is 11.5 Å². The predicted molar refractivity (Wildman–Crippen MR) is 61.2 cm³/mol. The van der Waals surface area contributed by atoms with Crippen molar-refractivity contribution < 1.29 is 9.84 Å². The van der Waals surface area contributed by atoms with Crippen molar-refractivity contribution in [3.05, 3.63) is 24.3 Å². The van der Waals surface area contributed by atoms with Crippen LogP contribution in [0.3, 0.4) is 0 Å². The van der Waals surface area contributed by atoms with Crippen molar-refractivity contribution in [2.24, 2.45) is 0 Å². The van der Waals surface area contributed by atoms with E-state index in [1.165, 1.54) is 6.42 Å². The molecule has 78 valence electrons. The molecule has 0 atom stereocenters. The number of benzene rings is 1. The Morgan fingerprint density at radius 3 is 2.64 bits per heavy atom. The average Bonchev–Trinajstić information content (AvgIpc) is 2.20. The molecule has 2 nitrogen and oxygen atoms in total. The number of hydrogen-bond donors (Lipinski definition) is 1. The summed E-state index contributed by atoms with van der Waals surface area (Å²) in [6.45, 7) is 0.671. The highest BCUT2D eigenvalue weighted by Gasteiger charge is 1.98. The quantitative estimate of drug-likeness (QED) is 0.627. The van der Waals surface area contributed by atoms with Crippen LogP contribution < -0.4 is 4.74 Å². The van der Waals surface area contributed by atoms with E-state index in [1.54, 1.807) is 18.2 Å². The van der Waals surface area contributed by atoms with Gasteiger partial charge in [-0.3, -0.25) is 0 Å². The second-order valence-electron chi connectivity index (χ2n) is 3.07. The molecule has 14 heavy (non-hydrogen) atoms. The lowest BCUT2D eigenvalue weighted by Crippen LogP contribution is -1.97. The Bertz CT molecular complexity index is 263. The Morgan fingerprint density at radius 2 is 1.93 bits per heavy atom. The number of para-hydroxylation sites is 2. The molecule has 0 fully saturated rings. The van der Waals surface area contributed by atoms with Gasteiger partial charge in [-0.1, -0.05) is 28.1 Å². The summed E-state index contributed by atoms with van der Waals surface area (Å²) < 4.78 is 5.42. The van der Waals surface area contributed by atoms with E-state index < -0.39 is 0 Å². The number of phenols is 1. The molecule has 0 aliphatic rings. The number of alkyl halides is 1. The van der Waals surface area contributed by atoms with Crippen LogP contribution in [0.1, 0.15) is 19.3 Å². The van der Waals surface area contributed by atoms with Crippen molar-refractivity contribution in [2.75, 3.05) is 11.9 Å². The molecule has 0 aliphatic carbocycles. The topological polar surface area (TPSA) is 29.5 Å². The zero-order valence-corrected chi connectivity index (χ0v) is 9.66. The van der Waals surface area contributed by atoms with E-state index in [4.69, 9.17) is 4.74 Å². The molecule has 0 heterocycles. The van der Waals surface area contributed by atoms with Crippen molar-refractivity contribution in [1.82, 2.24) is 0 Å². The SMILES string of the molecule is Oc1ccccc1OCCCCCBr. The molecule has 1 aromatic carbocycles. The van der Waals surface area contributed by atoms with Crippen LogP contribution in [-0.4, -0.2) is 17.0 Å². The van der Waals surface area contributed by atoms with Gasteiger partial charge in [-0.2, -0.15) is 0 Å². The first-order chi connectivity index (χ1) is 6.84. The third-order valence-corrected chi connectivity index (χ3v) is 2.46. The summed E-state index contributed by atoms with van der Waals surface area (Å²) in [5.74, 6) is 0.791. The van der Waals surface area contributed by atoms with Crippen LogP contribution in [0.5, 0.6) is 11.5 Å². The molecule has 0 bridgehead atoms. The zero-order chi connectivity index (χ0) is 10.2. The van der Waals surface area contributed by atoms with Crippen LogP contribution >= 0.6 is 15.9 Å². The van der Waals surface area contributed by atoms with E-state index in [0.717, 1.165) is 18.2 Å². The van der Waals surface area contributed by atoms with Gasteiger partial charge in [0.05, 0.1) is 6.61 Å². The molecule has 0 radical (unpaired) electrons. The first-order valence-corrected chi connectivity index (χ1v) is 5.93. The number of ether oxygens (including phenoxy) is 1. The summed E-state index contributed by atoms with van der Waals surface area (Å²) in [6.07, 6.45) is 3.35. The summed E-state index contributed by atoms with van der Waals surface area (Å²) >= 11 is 3.38. The summed E-state index contributed by atoms with van der Waals surface area (Å²) in [7, 11) is 0. The highest BCUT2D eigenvalue weighted by atomic mass is 79.9. The first-order valence-electron chi connectivity index (χ1n) is 4.81. The summed E-state index contributed by atoms with van der Waals surface area (Å²) in [4.78, 5) is 0. The third-order valence-electron chi connectivity index (χ3n) is 1.90. The predicted octanol–water partition coefficient (Wildman–Crippen LogP) is 3.34. The lowest BCUT2D eigenvalue weighted by atomic mass is 10.2. The van der Waals surface area contributed by atoms with Crippen LogP contribution in [-0.2, 0) is 0 Å². The Kier molecular flexibility index (Phi) is 5.45. The maximum atomic E-state index is 9.38. The molecule has 0 aromatic heterocycles. The standard InChI is InChI=1S/C11H15BrO2/c12-8-4-1-5-9-14-11-7-3-2-6-10(11)13/h2-3,6-7,13H,1,4-5,8-9H2. The van der Waals surface area contributed by atoms with Gasteiger partial charge < -0.3 is 9.84 Å². The van der Waals surface area contributed by atoms with Crippen molar-refractivity contribution in [2.45, 2.75) is 19.3 Å². The fourth-order valence-corrected chi connectivity index (χ4v) is 1.53. The van der Waals surface area contributed by atoms with Gasteiger partial charge in [0.15, 0.2) is 11.5 Å². The number of rotatable bonds is 6. The molecule has 0 spiro atoms. The monoisotopic (exact) mass is 258 g/mol. The normalized spacial score (nSPS) is 10.1. The lowest BCUT2D eigenvalue weighted by Gasteiger charge is -2.06. The molecular weight excluding hydrogens is 244 g/mol. The Balaban J connectivity index is 2.21. The largest absolute Gasteiger partial charge is 0.504 e. The summed E-state index contributed by atoms with van der Waals surface area (Å²) in [5.41, 5.74) is 0. The second-order valence-corrected chi connectivity index (χ2v) is 3.86. The Morgan fingerprint density at radius 1 is 1.14 bits per heavy atom. The fourth-order valence-electron chi connectivity index (χ4n) is 1.13. The molecule has 0 amide bonds. The van der Waals surface area contributed by atoms with Gasteiger partial charge in [-0.25, -0.2) is 0 Å². The second kappa shape index (κ2) is 6.71. The van der Waals surface area contributed by atoms with E-state index in [-0.39, 0.29) is 5.75 Å². The maximum Gasteiger partial charge on any atom is 0.160 e. The highest BCUT2D eigenvalue weighted by Crippen LogP contribution is 2.24. The van der Waals surface area contributed by atoms with Crippen LogP contribution in [0.25, 0.3) is 0 Å². The van der Waals surface area contributed by atoms with Gasteiger partial charge in [0, 0.05) is 5.33 Å². The van der Waals surface area contributed by atoms with Gasteiger partial charge in [-0.05, 0) is 31.4 Å². The number of aromatic hydroxyl groups is 1. The molecule has 0 saturated heterocycles. The number of hydrogen-bond acceptors (Lipinski definition) is 2. The van der Waals surface area contributed by atoms with Crippen LogP contribution in [0.2, 0.25) is 0 Å². The highest BCUT2D eigenvalue weighted by molar-refractivity contribution is 9.09. The van der Waals surface area contributed by atoms with Crippen LogP contribution in [0.15, 0.2) is 24.3 Å². The molecule has 0 unspecified atom stereocenters. The van der Waals surface area contributed by atoms with Crippen LogP contribution in [0.4, 0.5) is 0 Å². The van der Waals surface area contributed by atoms with E-state index in [9.17, 15) is 5.11 Å². The first kappa shape index (κ1) is 11.4. The van der Waals surface area contributed by atoms with Gasteiger partial charge in [-0.15, -0.1) is 0 Å². The minimum atomic E-state index is 0.216. The molecule has 1 rings (SSSR count). The van der Waals surface area contributed by atoms with E-state index in [1.807, 2.05) is 6.07 Å². The van der Waals surface area contributed by atoms with Gasteiger partial charge in [0.25, 0.3) is 0 Å². The average molecular weight is 259 g/mol. The van der Waals surface area contributed by atoms with E-state index in [0.29, 0.717) is 12.4 Å². The van der Waals surface area contributed by atoms with Gasteiger partial charge >= 0.3 is 0 Å². The van der Waals surface area contributed by atoms with E-state index in [2.05, 4.69) is 15.9 Å².